The van der Waals surface area contributed by atoms with Crippen molar-refractivity contribution < 1.29 is 9.90 Å². The standard InChI is InChI=1S/C9H11NO2S/c10-7(9(11)12)5-6-3-1-2-4-8(6)13/h1-3,7H,4-5,10H2,(H,11,12)/t7-/m0/s1. The van der Waals surface area contributed by atoms with Gasteiger partial charge in [0.25, 0.3) is 0 Å². The van der Waals surface area contributed by atoms with Crippen molar-refractivity contribution in [2.24, 2.45) is 5.73 Å². The zero-order valence-electron chi connectivity index (χ0n) is 7.06. The largest absolute Gasteiger partial charge is 0.480 e. The van der Waals surface area contributed by atoms with Gasteiger partial charge < -0.3 is 10.8 Å². The van der Waals surface area contributed by atoms with Crippen LogP contribution in [0.2, 0.25) is 0 Å². The SMILES string of the molecule is N[C@@H](CC1=CC=CCC1=S)C(=O)O. The van der Waals surface area contributed by atoms with Gasteiger partial charge in [0.1, 0.15) is 6.04 Å². The van der Waals surface area contributed by atoms with E-state index in [4.69, 9.17) is 23.1 Å². The molecule has 1 aliphatic rings. The molecule has 1 atom stereocenters. The van der Waals surface area contributed by atoms with Gasteiger partial charge in [-0.3, -0.25) is 4.79 Å². The monoisotopic (exact) mass is 197 g/mol. The summed E-state index contributed by atoms with van der Waals surface area (Å²) in [5, 5.41) is 8.59. The zero-order valence-corrected chi connectivity index (χ0v) is 7.88. The number of nitrogens with two attached hydrogens (primary N) is 1. The van der Waals surface area contributed by atoms with Gasteiger partial charge in [-0.2, -0.15) is 0 Å². The van der Waals surface area contributed by atoms with Crippen LogP contribution in [0.3, 0.4) is 0 Å². The normalized spacial score (nSPS) is 18.2. The molecule has 0 aromatic heterocycles. The maximum absolute atomic E-state index is 10.5. The Kier molecular flexibility index (Phi) is 3.33. The highest BCUT2D eigenvalue weighted by molar-refractivity contribution is 7.80. The summed E-state index contributed by atoms with van der Waals surface area (Å²) in [6.07, 6.45) is 6.68. The molecule has 4 heteroatoms. The van der Waals surface area contributed by atoms with E-state index < -0.39 is 12.0 Å². The van der Waals surface area contributed by atoms with Crippen molar-refractivity contribution in [3.63, 3.8) is 0 Å². The van der Waals surface area contributed by atoms with Gasteiger partial charge in [0.05, 0.1) is 0 Å². The number of hydrogen-bond acceptors (Lipinski definition) is 3. The Bertz CT molecular complexity index is 294. The van der Waals surface area contributed by atoms with Crippen molar-refractivity contribution in [1.29, 1.82) is 0 Å². The number of carboxylic acids is 1. The first-order valence-corrected chi connectivity index (χ1v) is 4.39. The Hall–Kier alpha value is -1.00. The third kappa shape index (κ3) is 2.75. The maximum Gasteiger partial charge on any atom is 0.320 e. The number of rotatable bonds is 3. The lowest BCUT2D eigenvalue weighted by Crippen LogP contribution is -2.31. The van der Waals surface area contributed by atoms with Crippen LogP contribution in [0.1, 0.15) is 12.8 Å². The summed E-state index contributed by atoms with van der Waals surface area (Å²) in [5.41, 5.74) is 6.25. The topological polar surface area (TPSA) is 63.3 Å². The van der Waals surface area contributed by atoms with E-state index in [1.807, 2.05) is 18.2 Å². The molecule has 0 aromatic rings. The third-order valence-corrected chi connectivity index (χ3v) is 2.28. The Morgan fingerprint density at radius 2 is 2.46 bits per heavy atom. The minimum absolute atomic E-state index is 0.318. The van der Waals surface area contributed by atoms with E-state index in [0.29, 0.717) is 12.8 Å². The molecule has 1 rings (SSSR count). The molecule has 0 unspecified atom stereocenters. The van der Waals surface area contributed by atoms with Crippen LogP contribution in [0, 0.1) is 0 Å². The Balaban J connectivity index is 2.62. The second-order valence-corrected chi connectivity index (χ2v) is 3.39. The molecule has 0 heterocycles. The van der Waals surface area contributed by atoms with Crippen molar-refractivity contribution in [1.82, 2.24) is 0 Å². The summed E-state index contributed by atoms with van der Waals surface area (Å²) in [6.45, 7) is 0. The molecule has 0 amide bonds. The number of allylic oxidation sites excluding steroid dienone is 3. The number of thiocarbonyl (C=S) groups is 1. The van der Waals surface area contributed by atoms with Gasteiger partial charge in [0, 0.05) is 11.3 Å². The van der Waals surface area contributed by atoms with Crippen LogP contribution in [0.5, 0.6) is 0 Å². The molecule has 0 spiro atoms. The highest BCUT2D eigenvalue weighted by atomic mass is 32.1. The molecule has 3 nitrogen and oxygen atoms in total. The van der Waals surface area contributed by atoms with Gasteiger partial charge in [0.2, 0.25) is 0 Å². The summed E-state index contributed by atoms with van der Waals surface area (Å²) in [5.74, 6) is -0.988. The van der Waals surface area contributed by atoms with Gasteiger partial charge in [-0.05, 0) is 12.0 Å². The van der Waals surface area contributed by atoms with E-state index in [1.165, 1.54) is 0 Å². The third-order valence-electron chi connectivity index (χ3n) is 1.85. The zero-order chi connectivity index (χ0) is 9.84. The van der Waals surface area contributed by atoms with Crippen LogP contribution in [0.4, 0.5) is 0 Å². The molecule has 0 radical (unpaired) electrons. The van der Waals surface area contributed by atoms with E-state index in [9.17, 15) is 4.79 Å². The minimum atomic E-state index is -0.988. The fraction of sp³-hybridized carbons (Fsp3) is 0.333. The predicted molar refractivity (Wildman–Crippen MR) is 54.7 cm³/mol. The molecular weight excluding hydrogens is 186 g/mol. The number of aliphatic carboxylic acids is 1. The molecule has 3 N–H and O–H groups in total. The van der Waals surface area contributed by atoms with Crippen molar-refractivity contribution in [2.45, 2.75) is 18.9 Å². The van der Waals surface area contributed by atoms with Crippen molar-refractivity contribution in [3.8, 4) is 0 Å². The first-order chi connectivity index (χ1) is 6.11. The molecular formula is C9H11NO2S. The summed E-state index contributed by atoms with van der Waals surface area (Å²) in [4.78, 5) is 11.3. The highest BCUT2D eigenvalue weighted by Crippen LogP contribution is 2.14. The van der Waals surface area contributed by atoms with Crippen LogP contribution in [0.25, 0.3) is 0 Å². The summed E-state index contributed by atoms with van der Waals surface area (Å²) in [6, 6.07) is -0.851. The number of hydrogen-bond donors (Lipinski definition) is 2. The summed E-state index contributed by atoms with van der Waals surface area (Å²) < 4.78 is 0. The molecule has 0 bridgehead atoms. The van der Waals surface area contributed by atoms with Gasteiger partial charge in [-0.1, -0.05) is 30.4 Å². The van der Waals surface area contributed by atoms with Crippen molar-refractivity contribution >= 4 is 23.1 Å². The lowest BCUT2D eigenvalue weighted by molar-refractivity contribution is -0.138. The Labute approximate surface area is 81.9 Å². The quantitative estimate of drug-likeness (QED) is 0.664. The fourth-order valence-electron chi connectivity index (χ4n) is 1.09. The van der Waals surface area contributed by atoms with Gasteiger partial charge in [0.15, 0.2) is 0 Å². The van der Waals surface area contributed by atoms with Gasteiger partial charge in [-0.15, -0.1) is 0 Å². The second kappa shape index (κ2) is 4.30. The van der Waals surface area contributed by atoms with Crippen molar-refractivity contribution in [2.75, 3.05) is 0 Å². The van der Waals surface area contributed by atoms with Crippen LogP contribution in [-0.4, -0.2) is 22.0 Å². The molecule has 70 valence electrons. The Morgan fingerprint density at radius 3 is 3.00 bits per heavy atom. The van der Waals surface area contributed by atoms with E-state index in [2.05, 4.69) is 0 Å². The smallest absolute Gasteiger partial charge is 0.320 e. The van der Waals surface area contributed by atoms with Crippen LogP contribution < -0.4 is 5.73 Å². The molecule has 0 saturated carbocycles. The maximum atomic E-state index is 10.5. The second-order valence-electron chi connectivity index (χ2n) is 2.90. The first-order valence-electron chi connectivity index (χ1n) is 3.98. The van der Waals surface area contributed by atoms with Crippen LogP contribution >= 0.6 is 12.2 Å². The first kappa shape index (κ1) is 10.1. The predicted octanol–water partition coefficient (Wildman–Crippen LogP) is 1.04. The molecule has 1 aliphatic carbocycles. The number of carboxylic acid groups (broad SMARTS) is 1. The Morgan fingerprint density at radius 1 is 1.77 bits per heavy atom. The molecule has 0 aromatic carbocycles. The van der Waals surface area contributed by atoms with E-state index in [0.717, 1.165) is 10.4 Å². The van der Waals surface area contributed by atoms with Crippen LogP contribution in [0.15, 0.2) is 23.8 Å². The molecule has 0 fully saturated rings. The molecule has 0 aliphatic heterocycles. The fourth-order valence-corrected chi connectivity index (χ4v) is 1.34. The summed E-state index contributed by atoms with van der Waals surface area (Å²) >= 11 is 5.06. The average Bonchev–Trinajstić information content (AvgIpc) is 2.08. The number of carbonyl (C=O) groups is 1. The van der Waals surface area contributed by atoms with E-state index in [1.54, 1.807) is 0 Å². The average molecular weight is 197 g/mol. The highest BCUT2D eigenvalue weighted by Gasteiger charge is 2.16. The lowest BCUT2D eigenvalue weighted by Gasteiger charge is -2.12. The van der Waals surface area contributed by atoms with E-state index >= 15 is 0 Å². The van der Waals surface area contributed by atoms with Gasteiger partial charge >= 0.3 is 5.97 Å². The minimum Gasteiger partial charge on any atom is -0.480 e. The summed E-state index contributed by atoms with van der Waals surface area (Å²) in [7, 11) is 0. The lowest BCUT2D eigenvalue weighted by atomic mass is 9.98. The molecule has 13 heavy (non-hydrogen) atoms. The molecule has 0 saturated heterocycles. The van der Waals surface area contributed by atoms with Gasteiger partial charge in [-0.25, -0.2) is 0 Å². The van der Waals surface area contributed by atoms with E-state index in [-0.39, 0.29) is 0 Å². The van der Waals surface area contributed by atoms with Crippen molar-refractivity contribution in [3.05, 3.63) is 23.8 Å². The van der Waals surface area contributed by atoms with Crippen LogP contribution in [-0.2, 0) is 4.79 Å².